The Morgan fingerprint density at radius 1 is 0.577 bits per heavy atom. The first kappa shape index (κ1) is 24.4. The highest BCUT2D eigenvalue weighted by Crippen LogP contribution is 2.27. The molecule has 3 unspecified atom stereocenters. The molecule has 0 heterocycles. The van der Waals surface area contributed by atoms with Crippen LogP contribution < -0.4 is 0 Å². The van der Waals surface area contributed by atoms with Crippen LogP contribution in [-0.2, 0) is 14.4 Å². The molecule has 0 aromatic rings. The fraction of sp³-hybridized carbons (Fsp3) is 0.850. The van der Waals surface area contributed by atoms with Gasteiger partial charge in [0.2, 0.25) is 0 Å². The van der Waals surface area contributed by atoms with E-state index in [1.54, 1.807) is 0 Å². The number of carboxylic acids is 3. The maximum absolute atomic E-state index is 11.1. The van der Waals surface area contributed by atoms with Gasteiger partial charge in [0.1, 0.15) is 0 Å². The average Bonchev–Trinajstić information content (AvgIpc) is 2.51. The van der Waals surface area contributed by atoms with Gasteiger partial charge in [-0.15, -0.1) is 0 Å². The lowest BCUT2D eigenvalue weighted by Crippen LogP contribution is -2.14. The van der Waals surface area contributed by atoms with Crippen molar-refractivity contribution in [2.24, 2.45) is 17.8 Å². The number of carboxylic acid groups (broad SMARTS) is 3. The Morgan fingerprint density at radius 3 is 1.19 bits per heavy atom. The molecule has 0 aliphatic rings. The van der Waals surface area contributed by atoms with Crippen molar-refractivity contribution in [3.8, 4) is 0 Å². The van der Waals surface area contributed by atoms with Crippen molar-refractivity contribution in [2.45, 2.75) is 90.9 Å². The van der Waals surface area contributed by atoms with Crippen molar-refractivity contribution >= 4 is 17.9 Å². The summed E-state index contributed by atoms with van der Waals surface area (Å²) in [6, 6.07) is 0. The third-order valence-electron chi connectivity index (χ3n) is 4.99. The van der Waals surface area contributed by atoms with Gasteiger partial charge in [0.25, 0.3) is 0 Å². The van der Waals surface area contributed by atoms with Gasteiger partial charge in [0, 0.05) is 19.3 Å². The molecule has 0 spiro atoms. The Hall–Kier alpha value is -1.59. The highest BCUT2D eigenvalue weighted by atomic mass is 16.4. The van der Waals surface area contributed by atoms with Crippen molar-refractivity contribution < 1.29 is 29.7 Å². The molecular formula is C20H36O6. The standard InChI is InChI=1S/C20H36O6/c1-3-6-15(12-18(21)22)8-5-9-17(14-20(25)26)11-10-16(7-4-2)13-19(23)24/h15-17H,3-14H2,1-2H3,(H,21,22)(H,23,24)(H,25,26). The lowest BCUT2D eigenvalue weighted by Gasteiger charge is -2.20. The molecule has 0 fully saturated rings. The van der Waals surface area contributed by atoms with E-state index >= 15 is 0 Å². The van der Waals surface area contributed by atoms with Crippen LogP contribution in [0.1, 0.15) is 90.9 Å². The van der Waals surface area contributed by atoms with Gasteiger partial charge in [-0.1, -0.05) is 46.0 Å². The minimum atomic E-state index is -0.823. The Kier molecular flexibility index (Phi) is 13.7. The van der Waals surface area contributed by atoms with Crippen LogP contribution in [0.25, 0.3) is 0 Å². The molecule has 0 aromatic carbocycles. The zero-order chi connectivity index (χ0) is 19.9. The van der Waals surface area contributed by atoms with Crippen LogP contribution in [0.3, 0.4) is 0 Å². The highest BCUT2D eigenvalue weighted by molar-refractivity contribution is 5.67. The van der Waals surface area contributed by atoms with E-state index in [-0.39, 0.29) is 37.0 Å². The van der Waals surface area contributed by atoms with Crippen molar-refractivity contribution in [1.82, 2.24) is 0 Å². The van der Waals surface area contributed by atoms with Gasteiger partial charge in [-0.25, -0.2) is 0 Å². The second kappa shape index (κ2) is 14.6. The monoisotopic (exact) mass is 372 g/mol. The van der Waals surface area contributed by atoms with E-state index < -0.39 is 17.9 Å². The van der Waals surface area contributed by atoms with Crippen LogP contribution in [0.5, 0.6) is 0 Å². The first-order chi connectivity index (χ1) is 12.3. The van der Waals surface area contributed by atoms with Crippen molar-refractivity contribution in [3.05, 3.63) is 0 Å². The zero-order valence-electron chi connectivity index (χ0n) is 16.3. The highest BCUT2D eigenvalue weighted by Gasteiger charge is 2.19. The van der Waals surface area contributed by atoms with E-state index in [0.29, 0.717) is 0 Å². The lowest BCUT2D eigenvalue weighted by molar-refractivity contribution is -0.139. The van der Waals surface area contributed by atoms with E-state index in [0.717, 1.165) is 57.8 Å². The molecule has 0 saturated carbocycles. The van der Waals surface area contributed by atoms with Crippen LogP contribution >= 0.6 is 0 Å². The summed E-state index contributed by atoms with van der Waals surface area (Å²) in [4.78, 5) is 33.0. The van der Waals surface area contributed by atoms with E-state index in [2.05, 4.69) is 0 Å². The lowest BCUT2D eigenvalue weighted by atomic mass is 9.85. The fourth-order valence-corrected chi connectivity index (χ4v) is 3.77. The van der Waals surface area contributed by atoms with Crippen LogP contribution in [0.2, 0.25) is 0 Å². The summed E-state index contributed by atoms with van der Waals surface area (Å²) in [6.45, 7) is 4.07. The Bertz CT molecular complexity index is 421. The molecule has 0 bridgehead atoms. The molecule has 0 saturated heterocycles. The quantitative estimate of drug-likeness (QED) is 0.338. The van der Waals surface area contributed by atoms with Crippen molar-refractivity contribution in [1.29, 1.82) is 0 Å². The van der Waals surface area contributed by atoms with E-state index in [1.807, 2.05) is 13.8 Å². The summed E-state index contributed by atoms with van der Waals surface area (Å²) >= 11 is 0. The topological polar surface area (TPSA) is 112 Å². The minimum absolute atomic E-state index is 0.0350. The molecule has 6 heteroatoms. The van der Waals surface area contributed by atoms with Gasteiger partial charge >= 0.3 is 17.9 Å². The van der Waals surface area contributed by atoms with E-state index in [1.165, 1.54) is 0 Å². The summed E-state index contributed by atoms with van der Waals surface area (Å²) in [5.41, 5.74) is 0. The number of hydrogen-bond acceptors (Lipinski definition) is 3. The summed E-state index contributed by atoms with van der Waals surface area (Å²) in [5.74, 6) is -2.10. The molecule has 0 amide bonds. The fourth-order valence-electron chi connectivity index (χ4n) is 3.77. The molecule has 152 valence electrons. The third kappa shape index (κ3) is 13.7. The van der Waals surface area contributed by atoms with Gasteiger partial charge in [-0.3, -0.25) is 14.4 Å². The van der Waals surface area contributed by atoms with Gasteiger partial charge in [0.05, 0.1) is 0 Å². The molecule has 0 radical (unpaired) electrons. The first-order valence-corrected chi connectivity index (χ1v) is 9.93. The zero-order valence-corrected chi connectivity index (χ0v) is 16.3. The van der Waals surface area contributed by atoms with Crippen LogP contribution in [0.4, 0.5) is 0 Å². The summed E-state index contributed by atoms with van der Waals surface area (Å²) in [5, 5.41) is 27.1. The van der Waals surface area contributed by atoms with Crippen molar-refractivity contribution in [3.63, 3.8) is 0 Å². The molecule has 26 heavy (non-hydrogen) atoms. The summed E-state index contributed by atoms with van der Waals surface area (Å²) in [7, 11) is 0. The molecule has 0 aromatic heterocycles. The Balaban J connectivity index is 4.51. The predicted octanol–water partition coefficient (Wildman–Crippen LogP) is 4.81. The molecule has 0 aliphatic heterocycles. The first-order valence-electron chi connectivity index (χ1n) is 9.93. The Morgan fingerprint density at radius 2 is 0.885 bits per heavy atom. The van der Waals surface area contributed by atoms with E-state index in [4.69, 9.17) is 15.3 Å². The summed E-state index contributed by atoms with van der Waals surface area (Å²) < 4.78 is 0. The Labute approximate surface area is 157 Å². The SMILES string of the molecule is CCCC(CCCC(CCC(CCC)CC(=O)O)CC(=O)O)CC(=O)O. The largest absolute Gasteiger partial charge is 0.481 e. The molecule has 6 nitrogen and oxygen atoms in total. The normalized spacial score (nSPS) is 14.5. The van der Waals surface area contributed by atoms with Crippen LogP contribution in [0.15, 0.2) is 0 Å². The number of aliphatic carboxylic acids is 3. The smallest absolute Gasteiger partial charge is 0.303 e. The van der Waals surface area contributed by atoms with Crippen molar-refractivity contribution in [2.75, 3.05) is 0 Å². The molecule has 0 aliphatic carbocycles. The molecule has 3 N–H and O–H groups in total. The molecular weight excluding hydrogens is 336 g/mol. The number of rotatable bonds is 17. The second-order valence-corrected chi connectivity index (χ2v) is 7.48. The van der Waals surface area contributed by atoms with Gasteiger partial charge in [-0.2, -0.15) is 0 Å². The molecule has 3 atom stereocenters. The van der Waals surface area contributed by atoms with Crippen LogP contribution in [-0.4, -0.2) is 33.2 Å². The van der Waals surface area contributed by atoms with Gasteiger partial charge in [0.15, 0.2) is 0 Å². The summed E-state index contributed by atoms with van der Waals surface area (Å²) in [6.07, 6.45) is 7.89. The average molecular weight is 373 g/mol. The maximum atomic E-state index is 11.1. The van der Waals surface area contributed by atoms with Gasteiger partial charge in [-0.05, 0) is 43.4 Å². The number of hydrogen-bond donors (Lipinski definition) is 3. The minimum Gasteiger partial charge on any atom is -0.481 e. The van der Waals surface area contributed by atoms with E-state index in [9.17, 15) is 14.4 Å². The maximum Gasteiger partial charge on any atom is 0.303 e. The van der Waals surface area contributed by atoms with Crippen LogP contribution in [0, 0.1) is 17.8 Å². The molecule has 0 rings (SSSR count). The van der Waals surface area contributed by atoms with Gasteiger partial charge < -0.3 is 15.3 Å². The second-order valence-electron chi connectivity index (χ2n) is 7.48. The number of carbonyl (C=O) groups is 3. The third-order valence-corrected chi connectivity index (χ3v) is 4.99. The predicted molar refractivity (Wildman–Crippen MR) is 100 cm³/mol.